The highest BCUT2D eigenvalue weighted by Gasteiger charge is 2.24. The molecule has 3 rings (SSSR count). The number of imidazole rings is 1. The van der Waals surface area contributed by atoms with Crippen molar-refractivity contribution in [1.82, 2.24) is 18.8 Å². The van der Waals surface area contributed by atoms with Gasteiger partial charge in [-0.3, -0.25) is 4.90 Å². The largest absolute Gasteiger partial charge is 0.334 e. The minimum Gasteiger partial charge on any atom is -0.334 e. The van der Waals surface area contributed by atoms with Gasteiger partial charge < -0.3 is 4.57 Å². The van der Waals surface area contributed by atoms with E-state index in [1.54, 1.807) is 16.6 Å². The summed E-state index contributed by atoms with van der Waals surface area (Å²) in [5.74, 6) is 1.01. The number of aromatic nitrogens is 2. The highest BCUT2D eigenvalue weighted by molar-refractivity contribution is 7.92. The third-order valence-electron chi connectivity index (χ3n) is 4.50. The average Bonchev–Trinajstić information content (AvgIpc) is 3.04. The average molecular weight is 360 g/mol. The van der Waals surface area contributed by atoms with E-state index in [1.807, 2.05) is 43.5 Å². The molecular weight excluding hydrogens is 336 g/mol. The van der Waals surface area contributed by atoms with Gasteiger partial charge in [0.2, 0.25) is 10.0 Å². The van der Waals surface area contributed by atoms with E-state index in [-0.39, 0.29) is 0 Å². The molecule has 1 aliphatic rings. The number of sulfonamides is 1. The molecule has 0 saturated carbocycles. The molecule has 0 amide bonds. The Bertz CT molecular complexity index is 807. The lowest BCUT2D eigenvalue weighted by Crippen LogP contribution is -2.48. The van der Waals surface area contributed by atoms with Crippen molar-refractivity contribution >= 4 is 16.1 Å². The van der Waals surface area contributed by atoms with Crippen LogP contribution in [-0.4, -0.2) is 59.9 Å². The topological polar surface area (TPSA) is 58.4 Å². The lowest BCUT2D eigenvalue weighted by atomic mass is 10.2. The Morgan fingerprint density at radius 1 is 1.08 bits per heavy atom. The Morgan fingerprint density at radius 2 is 1.80 bits per heavy atom. The van der Waals surface area contributed by atoms with Crippen LogP contribution in [0.2, 0.25) is 0 Å². The van der Waals surface area contributed by atoms with Gasteiger partial charge in [-0.05, 0) is 18.6 Å². The molecule has 134 valence electrons. The fraction of sp³-hybridized carbons (Fsp3) is 0.389. The first-order valence-corrected chi connectivity index (χ1v) is 9.98. The molecule has 0 spiro atoms. The quantitative estimate of drug-likeness (QED) is 0.788. The predicted octanol–water partition coefficient (Wildman–Crippen LogP) is 1.81. The fourth-order valence-electron chi connectivity index (χ4n) is 2.91. The summed E-state index contributed by atoms with van der Waals surface area (Å²) in [5.41, 5.74) is 0.889. The number of hydrogen-bond donors (Lipinski definition) is 0. The van der Waals surface area contributed by atoms with Crippen LogP contribution in [0.1, 0.15) is 11.4 Å². The zero-order valence-electron chi connectivity index (χ0n) is 14.5. The number of rotatable bonds is 6. The van der Waals surface area contributed by atoms with E-state index in [4.69, 9.17) is 0 Å². The fourth-order valence-corrected chi connectivity index (χ4v) is 4.09. The molecule has 1 aromatic carbocycles. The van der Waals surface area contributed by atoms with E-state index in [2.05, 4.69) is 14.5 Å². The van der Waals surface area contributed by atoms with E-state index in [9.17, 15) is 8.42 Å². The van der Waals surface area contributed by atoms with Crippen molar-refractivity contribution in [2.24, 2.45) is 0 Å². The van der Waals surface area contributed by atoms with Crippen LogP contribution < -0.4 is 0 Å². The summed E-state index contributed by atoms with van der Waals surface area (Å²) in [6, 6.07) is 9.49. The molecule has 0 atom stereocenters. The van der Waals surface area contributed by atoms with Crippen LogP contribution in [0.25, 0.3) is 6.08 Å². The molecule has 0 aliphatic carbocycles. The minimum absolute atomic E-state index is 0.532. The van der Waals surface area contributed by atoms with Gasteiger partial charge in [0.05, 0.1) is 0 Å². The number of nitrogens with zero attached hydrogens (tertiary/aromatic N) is 4. The molecule has 2 aromatic rings. The van der Waals surface area contributed by atoms with Gasteiger partial charge >= 0.3 is 0 Å². The number of benzene rings is 1. The van der Waals surface area contributed by atoms with E-state index < -0.39 is 10.0 Å². The first-order chi connectivity index (χ1) is 12.0. The van der Waals surface area contributed by atoms with Gasteiger partial charge in [-0.1, -0.05) is 30.3 Å². The van der Waals surface area contributed by atoms with E-state index in [1.165, 1.54) is 5.41 Å². The SMILES string of the molecule is Cc1nccn1CCN1CCN(S(=O)(=O)/C=C/c2ccccc2)CC1. The summed E-state index contributed by atoms with van der Waals surface area (Å²) in [6.07, 6.45) is 5.44. The van der Waals surface area contributed by atoms with Crippen molar-refractivity contribution in [3.8, 4) is 0 Å². The second-order valence-corrected chi connectivity index (χ2v) is 7.99. The standard InChI is InChI=1S/C18H24N4O2S/c1-17-19-8-9-21(17)13-10-20-11-14-22(15-12-20)25(23,24)16-7-18-5-3-2-4-6-18/h2-9,16H,10-15H2,1H3/b16-7+. The van der Waals surface area contributed by atoms with Gasteiger partial charge in [0.15, 0.2) is 0 Å². The summed E-state index contributed by atoms with van der Waals surface area (Å²) < 4.78 is 28.6. The summed E-state index contributed by atoms with van der Waals surface area (Å²) >= 11 is 0. The maximum atomic E-state index is 12.5. The molecule has 1 aliphatic heterocycles. The molecule has 0 radical (unpaired) electrons. The van der Waals surface area contributed by atoms with Crippen molar-refractivity contribution in [2.75, 3.05) is 32.7 Å². The summed E-state index contributed by atoms with van der Waals surface area (Å²) in [5, 5.41) is 1.31. The van der Waals surface area contributed by atoms with E-state index >= 15 is 0 Å². The number of hydrogen-bond acceptors (Lipinski definition) is 4. The summed E-state index contributed by atoms with van der Waals surface area (Å²) in [7, 11) is -3.36. The number of piperazine rings is 1. The van der Waals surface area contributed by atoms with Crippen molar-refractivity contribution < 1.29 is 8.42 Å². The van der Waals surface area contributed by atoms with Crippen LogP contribution in [0.3, 0.4) is 0 Å². The highest BCUT2D eigenvalue weighted by Crippen LogP contribution is 2.11. The Labute approximate surface area is 149 Å². The zero-order chi connectivity index (χ0) is 17.7. The third kappa shape index (κ3) is 4.78. The first kappa shape index (κ1) is 17.8. The molecular formula is C18H24N4O2S. The molecule has 7 heteroatoms. The lowest BCUT2D eigenvalue weighted by Gasteiger charge is -2.33. The van der Waals surface area contributed by atoms with Crippen molar-refractivity contribution in [3.05, 3.63) is 59.5 Å². The lowest BCUT2D eigenvalue weighted by molar-refractivity contribution is 0.183. The Kier molecular flexibility index (Phi) is 5.67. The molecule has 2 heterocycles. The molecule has 6 nitrogen and oxygen atoms in total. The van der Waals surface area contributed by atoms with Gasteiger partial charge in [-0.25, -0.2) is 13.4 Å². The number of aryl methyl sites for hydroxylation is 1. The van der Waals surface area contributed by atoms with Crippen molar-refractivity contribution in [3.63, 3.8) is 0 Å². The van der Waals surface area contributed by atoms with Crippen molar-refractivity contribution in [1.29, 1.82) is 0 Å². The highest BCUT2D eigenvalue weighted by atomic mass is 32.2. The maximum absolute atomic E-state index is 12.5. The van der Waals surface area contributed by atoms with Crippen LogP contribution in [0.5, 0.6) is 0 Å². The molecule has 1 saturated heterocycles. The van der Waals surface area contributed by atoms with Gasteiger partial charge in [0.1, 0.15) is 5.82 Å². The monoisotopic (exact) mass is 360 g/mol. The van der Waals surface area contributed by atoms with Crippen LogP contribution in [0, 0.1) is 6.92 Å². The molecule has 0 N–H and O–H groups in total. The second kappa shape index (κ2) is 7.95. The molecule has 0 unspecified atom stereocenters. The summed E-state index contributed by atoms with van der Waals surface area (Å²) in [6.45, 7) is 6.36. The van der Waals surface area contributed by atoms with Gasteiger partial charge in [0.25, 0.3) is 0 Å². The zero-order valence-corrected chi connectivity index (χ0v) is 15.3. The molecule has 1 aromatic heterocycles. The Morgan fingerprint density at radius 3 is 2.44 bits per heavy atom. The van der Waals surface area contributed by atoms with Crippen LogP contribution in [-0.2, 0) is 16.6 Å². The maximum Gasteiger partial charge on any atom is 0.236 e. The van der Waals surface area contributed by atoms with Crippen molar-refractivity contribution in [2.45, 2.75) is 13.5 Å². The van der Waals surface area contributed by atoms with E-state index in [0.29, 0.717) is 13.1 Å². The van der Waals surface area contributed by atoms with Gasteiger partial charge in [-0.15, -0.1) is 0 Å². The van der Waals surface area contributed by atoms with Crippen LogP contribution in [0.15, 0.2) is 48.1 Å². The minimum atomic E-state index is -3.36. The van der Waals surface area contributed by atoms with Crippen LogP contribution >= 0.6 is 0 Å². The van der Waals surface area contributed by atoms with Gasteiger partial charge in [-0.2, -0.15) is 4.31 Å². The van der Waals surface area contributed by atoms with Gasteiger partial charge in [0, 0.05) is 57.1 Å². The molecule has 0 bridgehead atoms. The third-order valence-corrected chi connectivity index (χ3v) is 6.07. The van der Waals surface area contributed by atoms with Crippen LogP contribution in [0.4, 0.5) is 0 Å². The molecule has 25 heavy (non-hydrogen) atoms. The Balaban J connectivity index is 1.51. The second-order valence-electron chi connectivity index (χ2n) is 6.17. The predicted molar refractivity (Wildman–Crippen MR) is 99.4 cm³/mol. The van der Waals surface area contributed by atoms with E-state index in [0.717, 1.165) is 37.6 Å². The smallest absolute Gasteiger partial charge is 0.236 e. The normalized spacial score (nSPS) is 17.3. The Hall–Kier alpha value is -1.96. The molecule has 1 fully saturated rings. The first-order valence-electron chi connectivity index (χ1n) is 8.48. The summed E-state index contributed by atoms with van der Waals surface area (Å²) in [4.78, 5) is 6.52.